The van der Waals surface area contributed by atoms with Gasteiger partial charge >= 0.3 is 0 Å². The van der Waals surface area contributed by atoms with Crippen LogP contribution in [0.15, 0.2) is 4.52 Å². The van der Waals surface area contributed by atoms with Gasteiger partial charge < -0.3 is 9.84 Å². The number of alkyl halides is 1. The summed E-state index contributed by atoms with van der Waals surface area (Å²) in [6, 6.07) is 0. The first kappa shape index (κ1) is 11.2. The van der Waals surface area contributed by atoms with Gasteiger partial charge in [0.25, 0.3) is 0 Å². The molecule has 0 aromatic carbocycles. The fourth-order valence-electron chi connectivity index (χ4n) is 0.871. The molecule has 0 aliphatic rings. The molecule has 0 saturated carbocycles. The van der Waals surface area contributed by atoms with Crippen LogP contribution in [-0.2, 0) is 11.3 Å². The number of nitrogens with zero attached hydrogens (tertiary/aromatic N) is 2. The molecule has 0 fully saturated rings. The molecule has 0 aliphatic heterocycles. The summed E-state index contributed by atoms with van der Waals surface area (Å²) in [5.74, 6) is 0.926. The normalized spacial score (nSPS) is 12.5. The first-order valence-corrected chi connectivity index (χ1v) is 5.26. The number of halogens is 1. The number of carbonyl (C=O) groups excluding carboxylic acids is 1. The minimum absolute atomic E-state index is 0.0663. The Morgan fingerprint density at radius 3 is 2.93 bits per heavy atom. The molecule has 1 amide bonds. The monoisotopic (exact) mass is 261 g/mol. The van der Waals surface area contributed by atoms with Crippen LogP contribution in [0.3, 0.4) is 0 Å². The van der Waals surface area contributed by atoms with Crippen LogP contribution >= 0.6 is 15.9 Å². The van der Waals surface area contributed by atoms with E-state index in [1.165, 1.54) is 0 Å². The molecule has 0 radical (unpaired) electrons. The van der Waals surface area contributed by atoms with Gasteiger partial charge in [0.2, 0.25) is 11.8 Å². The summed E-state index contributed by atoms with van der Waals surface area (Å²) >= 11 is 3.24. The summed E-state index contributed by atoms with van der Waals surface area (Å²) in [5, 5.41) is 6.29. The Morgan fingerprint density at radius 1 is 1.71 bits per heavy atom. The van der Waals surface area contributed by atoms with E-state index >= 15 is 0 Å². The molecule has 0 spiro atoms. The maximum Gasteiger partial charge on any atom is 0.246 e. The SMILES string of the molecule is CCC(Br)C(=O)NCc1nc(C)no1. The molecule has 1 aromatic rings. The van der Waals surface area contributed by atoms with E-state index in [-0.39, 0.29) is 17.3 Å². The molecule has 0 bridgehead atoms. The highest BCUT2D eigenvalue weighted by molar-refractivity contribution is 9.10. The maximum atomic E-state index is 11.3. The molecule has 14 heavy (non-hydrogen) atoms. The second-order valence-electron chi connectivity index (χ2n) is 2.83. The quantitative estimate of drug-likeness (QED) is 0.827. The van der Waals surface area contributed by atoms with Gasteiger partial charge in [-0.25, -0.2) is 0 Å². The van der Waals surface area contributed by atoms with Crippen LogP contribution in [0.2, 0.25) is 0 Å². The highest BCUT2D eigenvalue weighted by atomic mass is 79.9. The first-order valence-electron chi connectivity index (χ1n) is 4.34. The highest BCUT2D eigenvalue weighted by Gasteiger charge is 2.12. The van der Waals surface area contributed by atoms with Gasteiger partial charge in [-0.05, 0) is 13.3 Å². The predicted molar refractivity (Wildman–Crippen MR) is 53.9 cm³/mol. The Balaban J connectivity index is 2.37. The zero-order valence-electron chi connectivity index (χ0n) is 8.08. The average Bonchev–Trinajstić information content (AvgIpc) is 2.59. The lowest BCUT2D eigenvalue weighted by Crippen LogP contribution is -2.30. The molecule has 1 N–H and O–H groups in total. The molecule has 1 rings (SSSR count). The van der Waals surface area contributed by atoms with Gasteiger partial charge in [0.05, 0.1) is 11.4 Å². The Morgan fingerprint density at radius 2 is 2.43 bits per heavy atom. The Labute approximate surface area is 90.4 Å². The van der Waals surface area contributed by atoms with Gasteiger partial charge in [-0.3, -0.25) is 4.79 Å². The van der Waals surface area contributed by atoms with Crippen molar-refractivity contribution in [2.24, 2.45) is 0 Å². The second-order valence-corrected chi connectivity index (χ2v) is 3.93. The Kier molecular flexibility index (Phi) is 4.06. The van der Waals surface area contributed by atoms with E-state index in [1.54, 1.807) is 6.92 Å². The predicted octanol–water partition coefficient (Wildman–Crippen LogP) is 1.17. The van der Waals surface area contributed by atoms with Gasteiger partial charge in [0, 0.05) is 0 Å². The van der Waals surface area contributed by atoms with Crippen LogP contribution < -0.4 is 5.32 Å². The third kappa shape index (κ3) is 3.10. The third-order valence-electron chi connectivity index (χ3n) is 1.63. The fourth-order valence-corrected chi connectivity index (χ4v) is 1.03. The largest absolute Gasteiger partial charge is 0.346 e. The van der Waals surface area contributed by atoms with Crippen LogP contribution in [0, 0.1) is 6.92 Å². The van der Waals surface area contributed by atoms with Gasteiger partial charge in [-0.15, -0.1) is 0 Å². The molecule has 6 heteroatoms. The number of rotatable bonds is 4. The first-order chi connectivity index (χ1) is 6.63. The molecule has 1 atom stereocenters. The van der Waals surface area contributed by atoms with Crippen molar-refractivity contribution in [3.63, 3.8) is 0 Å². The summed E-state index contributed by atoms with van der Waals surface area (Å²) in [5.41, 5.74) is 0. The molecule has 1 aromatic heterocycles. The van der Waals surface area contributed by atoms with E-state index in [0.717, 1.165) is 6.42 Å². The molecule has 0 saturated heterocycles. The topological polar surface area (TPSA) is 68.0 Å². The molecule has 1 heterocycles. The Bertz CT molecular complexity index is 313. The van der Waals surface area contributed by atoms with E-state index < -0.39 is 0 Å². The third-order valence-corrected chi connectivity index (χ3v) is 2.69. The number of aromatic nitrogens is 2. The number of aryl methyl sites for hydroxylation is 1. The highest BCUT2D eigenvalue weighted by Crippen LogP contribution is 2.04. The number of amides is 1. The zero-order chi connectivity index (χ0) is 10.6. The average molecular weight is 262 g/mol. The van der Waals surface area contributed by atoms with Crippen LogP contribution in [-0.4, -0.2) is 20.9 Å². The maximum absolute atomic E-state index is 11.3. The molecule has 0 aliphatic carbocycles. The van der Waals surface area contributed by atoms with Crippen molar-refractivity contribution in [2.45, 2.75) is 31.6 Å². The molecule has 78 valence electrons. The molecular weight excluding hydrogens is 250 g/mol. The Hall–Kier alpha value is -0.910. The zero-order valence-corrected chi connectivity index (χ0v) is 9.67. The lowest BCUT2D eigenvalue weighted by molar-refractivity contribution is -0.120. The van der Waals surface area contributed by atoms with Crippen molar-refractivity contribution in [1.29, 1.82) is 0 Å². The van der Waals surface area contributed by atoms with E-state index in [0.29, 0.717) is 11.7 Å². The van der Waals surface area contributed by atoms with Crippen molar-refractivity contribution >= 4 is 21.8 Å². The lowest BCUT2D eigenvalue weighted by Gasteiger charge is -2.05. The van der Waals surface area contributed by atoms with Crippen molar-refractivity contribution in [1.82, 2.24) is 15.5 Å². The van der Waals surface area contributed by atoms with Crippen LogP contribution in [0.25, 0.3) is 0 Å². The number of hydrogen-bond acceptors (Lipinski definition) is 4. The molecular formula is C8H12BrN3O2. The van der Waals surface area contributed by atoms with E-state index in [1.807, 2.05) is 6.92 Å². The summed E-state index contributed by atoms with van der Waals surface area (Å²) in [4.78, 5) is 15.1. The smallest absolute Gasteiger partial charge is 0.246 e. The van der Waals surface area contributed by atoms with Gasteiger partial charge in [-0.1, -0.05) is 28.0 Å². The standard InChI is InChI=1S/C8H12BrN3O2/c1-3-6(9)8(13)10-4-7-11-5(2)12-14-7/h6H,3-4H2,1-2H3,(H,10,13). The van der Waals surface area contributed by atoms with Crippen molar-refractivity contribution in [3.05, 3.63) is 11.7 Å². The summed E-state index contributed by atoms with van der Waals surface area (Å²) in [6.07, 6.45) is 0.745. The van der Waals surface area contributed by atoms with E-state index in [2.05, 4.69) is 31.4 Å². The van der Waals surface area contributed by atoms with Crippen LogP contribution in [0.5, 0.6) is 0 Å². The molecule has 1 unspecified atom stereocenters. The van der Waals surface area contributed by atoms with Crippen molar-refractivity contribution in [2.75, 3.05) is 0 Å². The molecule has 5 nitrogen and oxygen atoms in total. The van der Waals surface area contributed by atoms with E-state index in [4.69, 9.17) is 4.52 Å². The van der Waals surface area contributed by atoms with Gasteiger partial charge in [0.15, 0.2) is 5.82 Å². The second kappa shape index (κ2) is 5.09. The number of carbonyl (C=O) groups is 1. The lowest BCUT2D eigenvalue weighted by atomic mass is 10.3. The number of hydrogen-bond donors (Lipinski definition) is 1. The number of nitrogens with one attached hydrogen (secondary N) is 1. The van der Waals surface area contributed by atoms with Gasteiger partial charge in [-0.2, -0.15) is 4.98 Å². The van der Waals surface area contributed by atoms with Gasteiger partial charge in [0.1, 0.15) is 0 Å². The summed E-state index contributed by atoms with van der Waals surface area (Å²) < 4.78 is 4.84. The summed E-state index contributed by atoms with van der Waals surface area (Å²) in [7, 11) is 0. The fraction of sp³-hybridized carbons (Fsp3) is 0.625. The minimum atomic E-state index is -0.161. The minimum Gasteiger partial charge on any atom is -0.346 e. The summed E-state index contributed by atoms with van der Waals surface area (Å²) in [6.45, 7) is 3.94. The van der Waals surface area contributed by atoms with Crippen LogP contribution in [0.1, 0.15) is 25.1 Å². The van der Waals surface area contributed by atoms with E-state index in [9.17, 15) is 4.79 Å². The van der Waals surface area contributed by atoms with Crippen molar-refractivity contribution < 1.29 is 9.32 Å². The van der Waals surface area contributed by atoms with Crippen molar-refractivity contribution in [3.8, 4) is 0 Å². The van der Waals surface area contributed by atoms with Crippen LogP contribution in [0.4, 0.5) is 0 Å².